The second-order valence-electron chi connectivity index (χ2n) is 3.81. The van der Waals surface area contributed by atoms with Crippen LogP contribution in [0.4, 0.5) is 13.2 Å². The maximum absolute atomic E-state index is 11.9. The molecule has 17 heavy (non-hydrogen) atoms. The fourth-order valence-electron chi connectivity index (χ4n) is 1.50. The summed E-state index contributed by atoms with van der Waals surface area (Å²) in [5, 5.41) is 3.09. The molecule has 6 heteroatoms. The van der Waals surface area contributed by atoms with Gasteiger partial charge in [-0.25, -0.2) is 4.79 Å². The van der Waals surface area contributed by atoms with Crippen molar-refractivity contribution in [1.82, 2.24) is 5.32 Å². The van der Waals surface area contributed by atoms with Crippen LogP contribution < -0.4 is 10.1 Å². The van der Waals surface area contributed by atoms with Crippen LogP contribution in [-0.4, -0.2) is 25.2 Å². The van der Waals surface area contributed by atoms with Gasteiger partial charge in [0, 0.05) is 19.0 Å². The molecule has 1 fully saturated rings. The number of esters is 1. The topological polar surface area (TPSA) is 38.3 Å². The molecular formula is C11H10F3NO2. The maximum Gasteiger partial charge on any atom is 0.491 e. The average molecular weight is 245 g/mol. The minimum Gasteiger partial charge on any atom is -0.420 e. The quantitative estimate of drug-likeness (QED) is 0.638. The number of carbonyl (C=O) groups excluding carboxylic acids is 1. The van der Waals surface area contributed by atoms with Crippen LogP contribution in [-0.2, 0) is 4.79 Å². The second-order valence-corrected chi connectivity index (χ2v) is 3.81. The van der Waals surface area contributed by atoms with Gasteiger partial charge >= 0.3 is 12.1 Å². The number of rotatable bonds is 2. The van der Waals surface area contributed by atoms with E-state index in [0.717, 1.165) is 18.7 Å². The summed E-state index contributed by atoms with van der Waals surface area (Å²) in [7, 11) is 0. The molecule has 0 amide bonds. The first-order chi connectivity index (χ1) is 7.97. The Morgan fingerprint density at radius 3 is 2.24 bits per heavy atom. The second kappa shape index (κ2) is 4.37. The van der Waals surface area contributed by atoms with Crippen LogP contribution in [0.1, 0.15) is 11.5 Å². The SMILES string of the molecule is O=C(Oc1ccc(C2CNC2)cc1)C(F)(F)F. The Morgan fingerprint density at radius 1 is 1.24 bits per heavy atom. The summed E-state index contributed by atoms with van der Waals surface area (Å²) >= 11 is 0. The van der Waals surface area contributed by atoms with Gasteiger partial charge in [0.25, 0.3) is 0 Å². The Kier molecular flexibility index (Phi) is 3.06. The lowest BCUT2D eigenvalue weighted by Gasteiger charge is -2.27. The summed E-state index contributed by atoms with van der Waals surface area (Å²) in [5.74, 6) is -1.90. The molecule has 1 saturated heterocycles. The Morgan fingerprint density at radius 2 is 1.82 bits per heavy atom. The first-order valence-electron chi connectivity index (χ1n) is 5.06. The van der Waals surface area contributed by atoms with E-state index in [1.54, 1.807) is 12.1 Å². The van der Waals surface area contributed by atoms with E-state index < -0.39 is 12.1 Å². The summed E-state index contributed by atoms with van der Waals surface area (Å²) in [5.41, 5.74) is 1.02. The van der Waals surface area contributed by atoms with E-state index in [1.165, 1.54) is 12.1 Å². The van der Waals surface area contributed by atoms with Gasteiger partial charge in [-0.3, -0.25) is 0 Å². The number of nitrogens with one attached hydrogen (secondary N) is 1. The number of halogens is 3. The van der Waals surface area contributed by atoms with Crippen molar-refractivity contribution in [1.29, 1.82) is 0 Å². The smallest absolute Gasteiger partial charge is 0.420 e. The summed E-state index contributed by atoms with van der Waals surface area (Å²) < 4.78 is 40.0. The lowest BCUT2D eigenvalue weighted by atomic mass is 9.94. The average Bonchev–Trinajstić information content (AvgIpc) is 2.16. The van der Waals surface area contributed by atoms with Crippen molar-refractivity contribution in [2.24, 2.45) is 0 Å². The highest BCUT2D eigenvalue weighted by Gasteiger charge is 2.41. The van der Waals surface area contributed by atoms with Crippen molar-refractivity contribution in [2.45, 2.75) is 12.1 Å². The van der Waals surface area contributed by atoms with Crippen molar-refractivity contribution in [3.8, 4) is 5.75 Å². The van der Waals surface area contributed by atoms with Crippen LogP contribution in [0.25, 0.3) is 0 Å². The molecule has 3 nitrogen and oxygen atoms in total. The van der Waals surface area contributed by atoms with E-state index in [4.69, 9.17) is 0 Å². The zero-order valence-corrected chi connectivity index (χ0v) is 8.75. The molecule has 1 heterocycles. The predicted molar refractivity (Wildman–Crippen MR) is 53.7 cm³/mol. The van der Waals surface area contributed by atoms with Gasteiger partial charge in [0.1, 0.15) is 5.75 Å². The van der Waals surface area contributed by atoms with E-state index in [9.17, 15) is 18.0 Å². The number of ether oxygens (including phenoxy) is 1. The van der Waals surface area contributed by atoms with Gasteiger partial charge < -0.3 is 10.1 Å². The zero-order valence-electron chi connectivity index (χ0n) is 8.75. The monoisotopic (exact) mass is 245 g/mol. The van der Waals surface area contributed by atoms with E-state index in [2.05, 4.69) is 10.1 Å². The third-order valence-electron chi connectivity index (χ3n) is 2.57. The van der Waals surface area contributed by atoms with Gasteiger partial charge in [0.05, 0.1) is 0 Å². The molecule has 0 radical (unpaired) electrons. The van der Waals surface area contributed by atoms with Gasteiger partial charge in [-0.05, 0) is 17.7 Å². The number of hydrogen-bond acceptors (Lipinski definition) is 3. The fourth-order valence-corrected chi connectivity index (χ4v) is 1.50. The van der Waals surface area contributed by atoms with Crippen LogP contribution >= 0.6 is 0 Å². The van der Waals surface area contributed by atoms with Gasteiger partial charge in [-0.15, -0.1) is 0 Å². The normalized spacial score (nSPS) is 16.4. The van der Waals surface area contributed by atoms with Crippen molar-refractivity contribution in [3.63, 3.8) is 0 Å². The van der Waals surface area contributed by atoms with Crippen molar-refractivity contribution >= 4 is 5.97 Å². The standard InChI is InChI=1S/C11H10F3NO2/c12-11(13,14)10(16)17-9-3-1-7(2-4-9)8-5-15-6-8/h1-4,8,15H,5-6H2. The largest absolute Gasteiger partial charge is 0.491 e. The predicted octanol–water partition coefficient (Wildman–Crippen LogP) is 1.84. The van der Waals surface area contributed by atoms with Gasteiger partial charge in [-0.2, -0.15) is 13.2 Å². The third-order valence-corrected chi connectivity index (χ3v) is 2.57. The Labute approximate surface area is 95.6 Å². The van der Waals surface area contributed by atoms with E-state index >= 15 is 0 Å². The van der Waals surface area contributed by atoms with Crippen molar-refractivity contribution < 1.29 is 22.7 Å². The molecule has 0 spiro atoms. The highest BCUT2D eigenvalue weighted by molar-refractivity contribution is 5.78. The lowest BCUT2D eigenvalue weighted by molar-refractivity contribution is -0.189. The molecule has 0 unspecified atom stereocenters. The Balaban J connectivity index is 2.00. The minimum atomic E-state index is -4.96. The van der Waals surface area contributed by atoms with Gasteiger partial charge in [0.15, 0.2) is 0 Å². The highest BCUT2D eigenvalue weighted by Crippen LogP contribution is 2.24. The lowest BCUT2D eigenvalue weighted by Crippen LogP contribution is -2.39. The molecule has 0 aliphatic carbocycles. The molecule has 0 saturated carbocycles. The highest BCUT2D eigenvalue weighted by atomic mass is 19.4. The summed E-state index contributed by atoms with van der Waals surface area (Å²) in [4.78, 5) is 10.6. The van der Waals surface area contributed by atoms with Crippen molar-refractivity contribution in [3.05, 3.63) is 29.8 Å². The number of benzene rings is 1. The third kappa shape index (κ3) is 2.76. The minimum absolute atomic E-state index is 0.0941. The summed E-state index contributed by atoms with van der Waals surface area (Å²) in [6, 6.07) is 6.09. The first-order valence-corrected chi connectivity index (χ1v) is 5.06. The summed E-state index contributed by atoms with van der Waals surface area (Å²) in [6.45, 7) is 1.73. The molecule has 1 aromatic rings. The number of hydrogen-bond donors (Lipinski definition) is 1. The molecule has 1 N–H and O–H groups in total. The summed E-state index contributed by atoms with van der Waals surface area (Å²) in [6.07, 6.45) is -4.96. The van der Waals surface area contributed by atoms with Crippen LogP contribution in [0.3, 0.4) is 0 Å². The molecule has 1 aliphatic heterocycles. The molecule has 0 bridgehead atoms. The Hall–Kier alpha value is -1.56. The van der Waals surface area contributed by atoms with E-state index in [1.807, 2.05) is 0 Å². The molecule has 92 valence electrons. The van der Waals surface area contributed by atoms with Crippen LogP contribution in [0, 0.1) is 0 Å². The van der Waals surface area contributed by atoms with Gasteiger partial charge in [-0.1, -0.05) is 12.1 Å². The first kappa shape index (κ1) is 11.9. The number of alkyl halides is 3. The van der Waals surface area contributed by atoms with Crippen LogP contribution in [0.5, 0.6) is 5.75 Å². The Bertz CT molecular complexity index is 410. The molecule has 1 aromatic carbocycles. The van der Waals surface area contributed by atoms with Crippen LogP contribution in [0.15, 0.2) is 24.3 Å². The number of carbonyl (C=O) groups is 1. The maximum atomic E-state index is 11.9. The molecule has 0 aromatic heterocycles. The molecule has 2 rings (SSSR count). The zero-order chi connectivity index (χ0) is 12.5. The van der Waals surface area contributed by atoms with Crippen molar-refractivity contribution in [2.75, 3.05) is 13.1 Å². The molecule has 0 atom stereocenters. The fraction of sp³-hybridized carbons (Fsp3) is 0.364. The van der Waals surface area contributed by atoms with E-state index in [0.29, 0.717) is 5.92 Å². The van der Waals surface area contributed by atoms with Gasteiger partial charge in [0.2, 0.25) is 0 Å². The van der Waals surface area contributed by atoms with Crippen LogP contribution in [0.2, 0.25) is 0 Å². The molecule has 1 aliphatic rings. The van der Waals surface area contributed by atoms with E-state index in [-0.39, 0.29) is 5.75 Å². The molecular weight excluding hydrogens is 235 g/mol.